The molecular formula is C13H13FN2O3S. The Balaban J connectivity index is 2.10. The average Bonchev–Trinajstić information content (AvgIpc) is 2.40. The van der Waals surface area contributed by atoms with Crippen LogP contribution in [0.3, 0.4) is 0 Å². The molecule has 7 heteroatoms. The fourth-order valence-electron chi connectivity index (χ4n) is 1.64. The van der Waals surface area contributed by atoms with E-state index >= 15 is 0 Å². The number of sulfonamides is 1. The molecule has 0 saturated heterocycles. The van der Waals surface area contributed by atoms with Crippen molar-refractivity contribution >= 4 is 10.0 Å². The highest BCUT2D eigenvalue weighted by Crippen LogP contribution is 2.23. The number of halogens is 1. The summed E-state index contributed by atoms with van der Waals surface area (Å²) >= 11 is 0. The van der Waals surface area contributed by atoms with E-state index in [0.29, 0.717) is 6.42 Å². The van der Waals surface area contributed by atoms with Gasteiger partial charge in [-0.05, 0) is 30.3 Å². The number of nitrogens with two attached hydrogens (primary N) is 1. The SMILES string of the molecule is NS(=O)(=O)c1cc(F)ccc1OCCc1ccccn1. The molecule has 0 bridgehead atoms. The second kappa shape index (κ2) is 5.98. The first-order valence-corrected chi connectivity index (χ1v) is 7.36. The average molecular weight is 296 g/mol. The van der Waals surface area contributed by atoms with Crippen molar-refractivity contribution in [2.75, 3.05) is 6.61 Å². The minimum atomic E-state index is -4.03. The number of nitrogens with zero attached hydrogens (tertiary/aromatic N) is 1. The molecule has 2 N–H and O–H groups in total. The summed E-state index contributed by atoms with van der Waals surface area (Å²) in [7, 11) is -4.03. The Bertz CT molecular complexity index is 690. The van der Waals surface area contributed by atoms with Crippen molar-refractivity contribution in [1.82, 2.24) is 4.98 Å². The minimum Gasteiger partial charge on any atom is -0.492 e. The number of pyridine rings is 1. The molecule has 0 unspecified atom stereocenters. The molecule has 2 rings (SSSR count). The molecule has 20 heavy (non-hydrogen) atoms. The van der Waals surface area contributed by atoms with Gasteiger partial charge in [-0.3, -0.25) is 4.98 Å². The lowest BCUT2D eigenvalue weighted by Crippen LogP contribution is -2.15. The highest BCUT2D eigenvalue weighted by molar-refractivity contribution is 7.89. The van der Waals surface area contributed by atoms with Gasteiger partial charge in [0.05, 0.1) is 6.61 Å². The first kappa shape index (κ1) is 14.4. The van der Waals surface area contributed by atoms with Gasteiger partial charge in [0.1, 0.15) is 16.5 Å². The van der Waals surface area contributed by atoms with E-state index in [1.165, 1.54) is 6.07 Å². The number of hydrogen-bond acceptors (Lipinski definition) is 4. The molecular weight excluding hydrogens is 283 g/mol. The molecule has 0 aliphatic carbocycles. The van der Waals surface area contributed by atoms with Gasteiger partial charge >= 0.3 is 0 Å². The van der Waals surface area contributed by atoms with E-state index in [4.69, 9.17) is 9.88 Å². The van der Waals surface area contributed by atoms with Gasteiger partial charge in [0.2, 0.25) is 10.0 Å². The van der Waals surface area contributed by atoms with Gasteiger partial charge in [-0.15, -0.1) is 0 Å². The number of hydrogen-bond donors (Lipinski definition) is 1. The van der Waals surface area contributed by atoms with Gasteiger partial charge in [-0.1, -0.05) is 6.07 Å². The Morgan fingerprint density at radius 2 is 2.05 bits per heavy atom. The first-order chi connectivity index (χ1) is 9.47. The lowest BCUT2D eigenvalue weighted by Gasteiger charge is -2.10. The maximum Gasteiger partial charge on any atom is 0.241 e. The van der Waals surface area contributed by atoms with E-state index in [1.807, 2.05) is 12.1 Å². The van der Waals surface area contributed by atoms with Crippen LogP contribution in [0.4, 0.5) is 4.39 Å². The maximum atomic E-state index is 13.1. The molecule has 0 atom stereocenters. The van der Waals surface area contributed by atoms with E-state index in [2.05, 4.69) is 4.98 Å². The number of primary sulfonamides is 1. The Morgan fingerprint density at radius 3 is 2.70 bits per heavy atom. The van der Waals surface area contributed by atoms with Gasteiger partial charge < -0.3 is 4.74 Å². The zero-order valence-corrected chi connectivity index (χ0v) is 11.3. The van der Waals surface area contributed by atoms with E-state index < -0.39 is 15.8 Å². The van der Waals surface area contributed by atoms with Crippen molar-refractivity contribution in [3.05, 3.63) is 54.1 Å². The Hall–Kier alpha value is -1.99. The van der Waals surface area contributed by atoms with Gasteiger partial charge in [-0.2, -0.15) is 0 Å². The molecule has 1 heterocycles. The van der Waals surface area contributed by atoms with Crippen molar-refractivity contribution in [2.45, 2.75) is 11.3 Å². The molecule has 106 valence electrons. The second-order valence-electron chi connectivity index (χ2n) is 4.06. The lowest BCUT2D eigenvalue weighted by atomic mass is 10.3. The maximum absolute atomic E-state index is 13.1. The van der Waals surface area contributed by atoms with E-state index in [9.17, 15) is 12.8 Å². The first-order valence-electron chi connectivity index (χ1n) is 5.82. The van der Waals surface area contributed by atoms with E-state index in [-0.39, 0.29) is 17.3 Å². The van der Waals surface area contributed by atoms with Crippen LogP contribution >= 0.6 is 0 Å². The van der Waals surface area contributed by atoms with Crippen LogP contribution in [-0.4, -0.2) is 20.0 Å². The molecule has 1 aromatic carbocycles. The molecule has 2 aromatic rings. The van der Waals surface area contributed by atoms with Crippen LogP contribution in [0.5, 0.6) is 5.75 Å². The third-order valence-electron chi connectivity index (χ3n) is 2.55. The molecule has 0 spiro atoms. The van der Waals surface area contributed by atoms with Gasteiger partial charge in [0.15, 0.2) is 0 Å². The largest absolute Gasteiger partial charge is 0.492 e. The molecule has 5 nitrogen and oxygen atoms in total. The van der Waals surface area contributed by atoms with Crippen LogP contribution in [0, 0.1) is 5.82 Å². The Morgan fingerprint density at radius 1 is 1.25 bits per heavy atom. The molecule has 0 amide bonds. The smallest absolute Gasteiger partial charge is 0.241 e. The Kier molecular flexibility index (Phi) is 4.31. The van der Waals surface area contributed by atoms with Crippen LogP contribution in [0.25, 0.3) is 0 Å². The molecule has 0 fully saturated rings. The van der Waals surface area contributed by atoms with Crippen molar-refractivity contribution < 1.29 is 17.5 Å². The standard InChI is InChI=1S/C13H13FN2O3S/c14-10-4-5-12(13(9-10)20(15,17)18)19-8-6-11-3-1-2-7-16-11/h1-5,7,9H,6,8H2,(H2,15,17,18). The second-order valence-corrected chi connectivity index (χ2v) is 5.59. The molecule has 1 aromatic heterocycles. The summed E-state index contributed by atoms with van der Waals surface area (Å²) in [6.45, 7) is 0.213. The highest BCUT2D eigenvalue weighted by Gasteiger charge is 2.16. The fraction of sp³-hybridized carbons (Fsp3) is 0.154. The summed E-state index contributed by atoms with van der Waals surface area (Å²) in [6, 6.07) is 8.66. The third-order valence-corrected chi connectivity index (χ3v) is 3.49. The van der Waals surface area contributed by atoms with Crippen LogP contribution in [0.1, 0.15) is 5.69 Å². The van der Waals surface area contributed by atoms with Crippen LogP contribution in [-0.2, 0) is 16.4 Å². The zero-order valence-electron chi connectivity index (χ0n) is 10.5. The zero-order chi connectivity index (χ0) is 14.6. The number of benzene rings is 1. The third kappa shape index (κ3) is 3.75. The monoisotopic (exact) mass is 296 g/mol. The summed E-state index contributed by atoms with van der Waals surface area (Å²) in [4.78, 5) is 3.75. The molecule has 0 radical (unpaired) electrons. The van der Waals surface area contributed by atoms with Crippen LogP contribution < -0.4 is 9.88 Å². The number of rotatable bonds is 5. The summed E-state index contributed by atoms with van der Waals surface area (Å²) in [5, 5.41) is 5.02. The van der Waals surface area contributed by atoms with Gasteiger partial charge in [0.25, 0.3) is 0 Å². The molecule has 0 aliphatic rings. The van der Waals surface area contributed by atoms with Crippen molar-refractivity contribution in [3.63, 3.8) is 0 Å². The van der Waals surface area contributed by atoms with Crippen LogP contribution in [0.15, 0.2) is 47.5 Å². The molecule has 0 aliphatic heterocycles. The predicted molar refractivity (Wildman–Crippen MR) is 71.2 cm³/mol. The predicted octanol–water partition coefficient (Wildman–Crippen LogP) is 1.49. The summed E-state index contributed by atoms with van der Waals surface area (Å²) in [5.74, 6) is -0.657. The number of aromatic nitrogens is 1. The topological polar surface area (TPSA) is 82.3 Å². The normalized spacial score (nSPS) is 11.3. The van der Waals surface area contributed by atoms with Crippen molar-refractivity contribution in [1.29, 1.82) is 0 Å². The molecule has 0 saturated carbocycles. The van der Waals surface area contributed by atoms with Crippen LogP contribution in [0.2, 0.25) is 0 Å². The van der Waals surface area contributed by atoms with Gasteiger partial charge in [-0.25, -0.2) is 17.9 Å². The van der Waals surface area contributed by atoms with E-state index in [0.717, 1.165) is 17.8 Å². The minimum absolute atomic E-state index is 0.0323. The van der Waals surface area contributed by atoms with Crippen molar-refractivity contribution in [2.24, 2.45) is 5.14 Å². The summed E-state index contributed by atoms with van der Waals surface area (Å²) in [6.07, 6.45) is 2.16. The summed E-state index contributed by atoms with van der Waals surface area (Å²) < 4.78 is 41.2. The van der Waals surface area contributed by atoms with Crippen molar-refractivity contribution in [3.8, 4) is 5.75 Å². The quantitative estimate of drug-likeness (QED) is 0.906. The highest BCUT2D eigenvalue weighted by atomic mass is 32.2. The van der Waals surface area contributed by atoms with Gasteiger partial charge in [0, 0.05) is 18.3 Å². The summed E-state index contributed by atoms with van der Waals surface area (Å²) in [5.41, 5.74) is 0.812. The van der Waals surface area contributed by atoms with E-state index in [1.54, 1.807) is 12.3 Å². The Labute approximate surface area is 116 Å². The lowest BCUT2D eigenvalue weighted by molar-refractivity contribution is 0.311. The fourth-order valence-corrected chi connectivity index (χ4v) is 2.32. The number of ether oxygens (including phenoxy) is 1.